The molecular formula is C25H22O5. The van der Waals surface area contributed by atoms with Crippen LogP contribution in [0.3, 0.4) is 0 Å². The summed E-state index contributed by atoms with van der Waals surface area (Å²) in [5.74, 6) is 2.75. The zero-order valence-corrected chi connectivity index (χ0v) is 16.9. The molecule has 0 spiro atoms. The maximum atomic E-state index is 12.4. The zero-order chi connectivity index (χ0) is 20.9. The molecule has 5 nitrogen and oxygen atoms in total. The predicted octanol–water partition coefficient (Wildman–Crippen LogP) is 5.21. The molecule has 0 N–H and O–H groups in total. The zero-order valence-electron chi connectivity index (χ0n) is 16.9. The molecule has 0 unspecified atom stereocenters. The molecule has 3 aromatic carbocycles. The summed E-state index contributed by atoms with van der Waals surface area (Å²) in [6.45, 7) is 2.54. The highest BCUT2D eigenvalue weighted by atomic mass is 16.7. The largest absolute Gasteiger partial charge is 0.496 e. The highest BCUT2D eigenvalue weighted by Crippen LogP contribution is 2.35. The second-order valence-electron chi connectivity index (χ2n) is 6.94. The monoisotopic (exact) mass is 402 g/mol. The Bertz CT molecular complexity index is 1080. The second kappa shape index (κ2) is 8.74. The highest BCUT2D eigenvalue weighted by Gasteiger charge is 2.14. The first-order chi connectivity index (χ1) is 14.6. The molecule has 0 bridgehead atoms. The number of hydrogen-bond donors (Lipinski definition) is 0. The molecule has 0 fully saturated rings. The lowest BCUT2D eigenvalue weighted by Gasteiger charge is -2.11. The fraction of sp³-hybridized carbons (Fsp3) is 0.160. The van der Waals surface area contributed by atoms with Crippen molar-refractivity contribution in [2.75, 3.05) is 13.9 Å². The van der Waals surface area contributed by atoms with Gasteiger partial charge in [-0.05, 0) is 42.8 Å². The summed E-state index contributed by atoms with van der Waals surface area (Å²) in [6.07, 6.45) is 3.38. The molecule has 1 heterocycles. The number of hydrogen-bond acceptors (Lipinski definition) is 5. The average Bonchev–Trinajstić information content (AvgIpc) is 3.24. The van der Waals surface area contributed by atoms with Crippen LogP contribution in [-0.4, -0.2) is 19.7 Å². The molecule has 0 saturated heterocycles. The Morgan fingerprint density at radius 1 is 1.00 bits per heavy atom. The number of fused-ring (bicyclic) bond motifs is 1. The maximum Gasteiger partial charge on any atom is 0.231 e. The van der Waals surface area contributed by atoms with Gasteiger partial charge in [-0.2, -0.15) is 0 Å². The third-order valence-corrected chi connectivity index (χ3v) is 4.81. The number of rotatable bonds is 7. The standard InChI is InChI=1S/C25H22O5/c1-17-3-7-19(8-4-17)22(26)10-5-18-6-11-23(27-2)20(13-18)15-28-21-9-12-24-25(14-21)30-16-29-24/h3-14H,15-16H2,1-2H3/b10-5+. The number of benzene rings is 3. The van der Waals surface area contributed by atoms with Gasteiger partial charge in [0.1, 0.15) is 18.1 Å². The Balaban J connectivity index is 1.47. The Morgan fingerprint density at radius 3 is 2.60 bits per heavy atom. The van der Waals surface area contributed by atoms with E-state index in [0.717, 1.165) is 22.4 Å². The lowest BCUT2D eigenvalue weighted by Crippen LogP contribution is -1.99. The quantitative estimate of drug-likeness (QED) is 0.401. The summed E-state index contributed by atoms with van der Waals surface area (Å²) < 4.78 is 22.1. The molecule has 1 aliphatic rings. The Hall–Kier alpha value is -3.73. The minimum atomic E-state index is -0.0380. The van der Waals surface area contributed by atoms with Crippen LogP contribution in [0.4, 0.5) is 0 Å². The van der Waals surface area contributed by atoms with Crippen molar-refractivity contribution in [1.82, 2.24) is 0 Å². The van der Waals surface area contributed by atoms with Crippen LogP contribution in [0.15, 0.2) is 66.7 Å². The van der Waals surface area contributed by atoms with Gasteiger partial charge in [-0.1, -0.05) is 42.0 Å². The summed E-state index contributed by atoms with van der Waals surface area (Å²) in [5, 5.41) is 0. The molecular weight excluding hydrogens is 380 g/mol. The van der Waals surface area contributed by atoms with Gasteiger partial charge in [0.2, 0.25) is 6.79 Å². The van der Waals surface area contributed by atoms with E-state index in [-0.39, 0.29) is 12.6 Å². The van der Waals surface area contributed by atoms with Gasteiger partial charge in [-0.25, -0.2) is 0 Å². The fourth-order valence-electron chi connectivity index (χ4n) is 3.13. The maximum absolute atomic E-state index is 12.4. The van der Waals surface area contributed by atoms with E-state index in [1.54, 1.807) is 25.3 Å². The summed E-state index contributed by atoms with van der Waals surface area (Å²) >= 11 is 0. The lowest BCUT2D eigenvalue weighted by molar-refractivity contribution is 0.104. The number of ether oxygens (including phenoxy) is 4. The molecule has 0 aliphatic carbocycles. The summed E-state index contributed by atoms with van der Waals surface area (Å²) in [5.41, 5.74) is 3.55. The molecule has 0 radical (unpaired) electrons. The molecule has 1 aliphatic heterocycles. The van der Waals surface area contributed by atoms with E-state index in [1.165, 1.54) is 0 Å². The van der Waals surface area contributed by atoms with Gasteiger partial charge < -0.3 is 18.9 Å². The summed E-state index contributed by atoms with van der Waals surface area (Å²) in [4.78, 5) is 12.4. The van der Waals surface area contributed by atoms with Gasteiger partial charge >= 0.3 is 0 Å². The number of aryl methyl sites for hydroxylation is 1. The highest BCUT2D eigenvalue weighted by molar-refractivity contribution is 6.06. The number of carbonyl (C=O) groups excluding carboxylic acids is 1. The van der Waals surface area contributed by atoms with E-state index >= 15 is 0 Å². The van der Waals surface area contributed by atoms with E-state index in [1.807, 2.05) is 61.5 Å². The third kappa shape index (κ3) is 4.46. The smallest absolute Gasteiger partial charge is 0.231 e. The molecule has 0 amide bonds. The van der Waals surface area contributed by atoms with Crippen LogP contribution >= 0.6 is 0 Å². The predicted molar refractivity (Wildman–Crippen MR) is 114 cm³/mol. The molecule has 30 heavy (non-hydrogen) atoms. The van der Waals surface area contributed by atoms with Crippen molar-refractivity contribution in [3.8, 4) is 23.0 Å². The minimum absolute atomic E-state index is 0.0380. The Kier molecular flexibility index (Phi) is 5.70. The van der Waals surface area contributed by atoms with E-state index in [2.05, 4.69) is 0 Å². The first-order valence-electron chi connectivity index (χ1n) is 9.61. The fourth-order valence-corrected chi connectivity index (χ4v) is 3.13. The molecule has 152 valence electrons. The first kappa shape index (κ1) is 19.6. The van der Waals surface area contributed by atoms with E-state index in [9.17, 15) is 4.79 Å². The molecule has 4 rings (SSSR count). The first-order valence-corrected chi connectivity index (χ1v) is 9.61. The molecule has 0 atom stereocenters. The Labute approximate surface area is 175 Å². The summed E-state index contributed by atoms with van der Waals surface area (Å²) in [6, 6.07) is 18.7. The van der Waals surface area contributed by atoms with Crippen LogP contribution < -0.4 is 18.9 Å². The number of carbonyl (C=O) groups is 1. The Morgan fingerprint density at radius 2 is 1.80 bits per heavy atom. The normalized spacial score (nSPS) is 12.2. The topological polar surface area (TPSA) is 54.0 Å². The van der Waals surface area contributed by atoms with Gasteiger partial charge in [-0.15, -0.1) is 0 Å². The number of allylic oxidation sites excluding steroid dienone is 1. The van der Waals surface area contributed by atoms with Gasteiger partial charge in [0, 0.05) is 17.2 Å². The van der Waals surface area contributed by atoms with Gasteiger partial charge in [-0.3, -0.25) is 4.79 Å². The average molecular weight is 402 g/mol. The third-order valence-electron chi connectivity index (χ3n) is 4.81. The number of ketones is 1. The van der Waals surface area contributed by atoms with Crippen LogP contribution in [0, 0.1) is 6.92 Å². The van der Waals surface area contributed by atoms with Crippen molar-refractivity contribution in [1.29, 1.82) is 0 Å². The van der Waals surface area contributed by atoms with Crippen molar-refractivity contribution in [3.63, 3.8) is 0 Å². The van der Waals surface area contributed by atoms with Crippen molar-refractivity contribution in [3.05, 3.63) is 89.0 Å². The molecule has 3 aromatic rings. The summed E-state index contributed by atoms with van der Waals surface area (Å²) in [7, 11) is 1.62. The van der Waals surface area contributed by atoms with Crippen LogP contribution in [0.5, 0.6) is 23.0 Å². The molecule has 0 saturated carbocycles. The number of methoxy groups -OCH3 is 1. The van der Waals surface area contributed by atoms with Crippen LogP contribution in [0.25, 0.3) is 6.08 Å². The second-order valence-corrected chi connectivity index (χ2v) is 6.94. The van der Waals surface area contributed by atoms with Crippen molar-refractivity contribution < 1.29 is 23.7 Å². The van der Waals surface area contributed by atoms with Crippen molar-refractivity contribution in [2.24, 2.45) is 0 Å². The van der Waals surface area contributed by atoms with Crippen LogP contribution in [0.1, 0.15) is 27.0 Å². The van der Waals surface area contributed by atoms with E-state index in [4.69, 9.17) is 18.9 Å². The van der Waals surface area contributed by atoms with Gasteiger partial charge in [0.15, 0.2) is 17.3 Å². The molecule has 0 aromatic heterocycles. The lowest BCUT2D eigenvalue weighted by atomic mass is 10.1. The van der Waals surface area contributed by atoms with Gasteiger partial charge in [0.25, 0.3) is 0 Å². The SMILES string of the molecule is COc1ccc(/C=C/C(=O)c2ccc(C)cc2)cc1COc1ccc2c(c1)OCO2. The van der Waals surface area contributed by atoms with Crippen LogP contribution in [-0.2, 0) is 6.61 Å². The van der Waals surface area contributed by atoms with E-state index < -0.39 is 0 Å². The van der Waals surface area contributed by atoms with Crippen molar-refractivity contribution in [2.45, 2.75) is 13.5 Å². The van der Waals surface area contributed by atoms with E-state index in [0.29, 0.717) is 29.4 Å². The van der Waals surface area contributed by atoms with Crippen molar-refractivity contribution >= 4 is 11.9 Å². The van der Waals surface area contributed by atoms with Crippen LogP contribution in [0.2, 0.25) is 0 Å². The van der Waals surface area contributed by atoms with Gasteiger partial charge in [0.05, 0.1) is 7.11 Å². The minimum Gasteiger partial charge on any atom is -0.496 e. The molecule has 5 heteroatoms.